The van der Waals surface area contributed by atoms with Crippen molar-refractivity contribution in [2.24, 2.45) is 11.8 Å². The summed E-state index contributed by atoms with van der Waals surface area (Å²) >= 11 is 0. The molecule has 0 radical (unpaired) electrons. The van der Waals surface area contributed by atoms with Crippen LogP contribution in [0, 0.1) is 11.8 Å². The van der Waals surface area contributed by atoms with Gasteiger partial charge in [0.1, 0.15) is 5.78 Å². The number of carbonyl (C=O) groups excluding carboxylic acids is 1. The van der Waals surface area contributed by atoms with Crippen molar-refractivity contribution in [2.75, 3.05) is 106 Å². The Balaban J connectivity index is 0.000000316. The number of ketones is 1. The van der Waals surface area contributed by atoms with E-state index in [0.29, 0.717) is 51.1 Å². The smallest absolute Gasteiger partial charge is 0.135 e. The molecule has 0 aromatic carbocycles. The molecule has 0 aromatic heterocycles. The first kappa shape index (κ1) is 74.4. The van der Waals surface area contributed by atoms with E-state index in [-0.39, 0.29) is 5.54 Å². The molecule has 2 unspecified atom stereocenters. The van der Waals surface area contributed by atoms with Crippen LogP contribution in [-0.2, 0) is 14.3 Å². The van der Waals surface area contributed by atoms with Gasteiger partial charge in [-0.1, -0.05) is 38.5 Å². The van der Waals surface area contributed by atoms with E-state index in [9.17, 15) is 4.79 Å². The Morgan fingerprint density at radius 1 is 0.316 bits per heavy atom. The Morgan fingerprint density at radius 3 is 0.899 bits per heavy atom. The van der Waals surface area contributed by atoms with Crippen molar-refractivity contribution in [3.63, 3.8) is 0 Å². The highest BCUT2D eigenvalue weighted by Gasteiger charge is 2.36. The van der Waals surface area contributed by atoms with Crippen LogP contribution in [0.1, 0.15) is 274 Å². The van der Waals surface area contributed by atoms with Gasteiger partial charge >= 0.3 is 0 Å². The zero-order chi connectivity index (χ0) is 59.9. The Morgan fingerprint density at radius 2 is 0.620 bits per heavy atom. The third-order valence-electron chi connectivity index (χ3n) is 18.6. The Bertz CT molecular complexity index is 1460. The largest absolute Gasteiger partial charge is 0.383 e. The van der Waals surface area contributed by atoms with Crippen LogP contribution in [-0.4, -0.2) is 197 Å². The second kappa shape index (κ2) is 35.1. The maximum atomic E-state index is 10.9. The Hall–Kier alpha value is -0.690. The number of Topliss-reactive ketones (excluding diaryl/α,β-unsaturated/α-hetero) is 1. The molecule has 7 saturated heterocycles. The molecular weight excluding hydrogens is 975 g/mol. The number of ether oxygens (including phenoxy) is 2. The van der Waals surface area contributed by atoms with Crippen molar-refractivity contribution in [3.8, 4) is 0 Å². The predicted molar refractivity (Wildman–Crippen MR) is 345 cm³/mol. The molecule has 0 amide bonds. The van der Waals surface area contributed by atoms with Crippen molar-refractivity contribution in [1.29, 1.82) is 0 Å². The van der Waals surface area contributed by atoms with Crippen molar-refractivity contribution < 1.29 is 14.3 Å². The average Bonchev–Trinajstić information content (AvgIpc) is 4.07. The van der Waals surface area contributed by atoms with Crippen molar-refractivity contribution in [3.05, 3.63) is 0 Å². The molecule has 8 rings (SSSR count). The zero-order valence-electron chi connectivity index (χ0n) is 57.7. The molecule has 10 heteroatoms. The zero-order valence-corrected chi connectivity index (χ0v) is 57.7. The van der Waals surface area contributed by atoms with E-state index in [0.717, 1.165) is 51.0 Å². The predicted octanol–water partition coefficient (Wildman–Crippen LogP) is 15.4. The van der Waals surface area contributed by atoms with Gasteiger partial charge in [0.15, 0.2) is 0 Å². The lowest BCUT2D eigenvalue weighted by atomic mass is 9.74. The molecule has 7 heterocycles. The first-order valence-corrected chi connectivity index (χ1v) is 33.3. The van der Waals surface area contributed by atoms with Gasteiger partial charge in [-0.05, 0) is 293 Å². The third kappa shape index (κ3) is 29.8. The molecule has 8 fully saturated rings. The van der Waals surface area contributed by atoms with Crippen molar-refractivity contribution in [1.82, 2.24) is 34.3 Å². The van der Waals surface area contributed by atoms with Gasteiger partial charge in [-0.15, -0.1) is 0 Å². The number of likely N-dealkylation sites (tertiary alicyclic amines) is 7. The van der Waals surface area contributed by atoms with Crippen molar-refractivity contribution >= 4 is 5.78 Å². The second-order valence-electron chi connectivity index (χ2n) is 32.3. The summed E-state index contributed by atoms with van der Waals surface area (Å²) in [5.41, 5.74) is 2.45. The molecule has 7 aliphatic heterocycles. The molecule has 0 N–H and O–H groups in total. The van der Waals surface area contributed by atoms with E-state index in [4.69, 9.17) is 9.47 Å². The molecule has 470 valence electrons. The fourth-order valence-electron chi connectivity index (χ4n) is 13.5. The van der Waals surface area contributed by atoms with Gasteiger partial charge in [-0.3, -0.25) is 39.1 Å². The SMILES string of the molecule is CC(C)(C)N1CCC(=O)CC1.CC(C)(C)N1CCC2CCCCC2C1.CC(C)(C)N1CCCCC1.CC(C)(C)N1CCCCC1.CC(C)(C)N1CCCCC1.COC[C@@H]1CCCN1C(C)(C)C.COC[C@H]1CCCN1C(C)(C)C. The highest BCUT2D eigenvalue weighted by Crippen LogP contribution is 2.38. The van der Waals surface area contributed by atoms with Crippen molar-refractivity contribution in [2.45, 2.75) is 325 Å². The van der Waals surface area contributed by atoms with Gasteiger partial charge in [-0.25, -0.2) is 0 Å². The minimum absolute atomic E-state index is 0.237. The second-order valence-corrected chi connectivity index (χ2v) is 32.3. The molecule has 79 heavy (non-hydrogen) atoms. The van der Waals surface area contributed by atoms with Crippen LogP contribution < -0.4 is 0 Å². The average molecular weight is 1120 g/mol. The lowest BCUT2D eigenvalue weighted by Crippen LogP contribution is -2.50. The number of piperidine rings is 5. The maximum Gasteiger partial charge on any atom is 0.135 e. The number of methoxy groups -OCH3 is 2. The number of hydrogen-bond donors (Lipinski definition) is 0. The van der Waals surface area contributed by atoms with E-state index in [1.54, 1.807) is 14.2 Å². The lowest BCUT2D eigenvalue weighted by molar-refractivity contribution is -0.122. The van der Waals surface area contributed by atoms with E-state index < -0.39 is 0 Å². The van der Waals surface area contributed by atoms with E-state index >= 15 is 0 Å². The van der Waals surface area contributed by atoms with Crippen LogP contribution in [0.2, 0.25) is 0 Å². The number of carbonyl (C=O) groups is 1. The van der Waals surface area contributed by atoms with E-state index in [2.05, 4.69) is 180 Å². The molecule has 1 aliphatic carbocycles. The normalized spacial score (nSPS) is 26.2. The van der Waals surface area contributed by atoms with Gasteiger partial charge < -0.3 is 9.47 Å². The minimum Gasteiger partial charge on any atom is -0.383 e. The van der Waals surface area contributed by atoms with Gasteiger partial charge in [0.05, 0.1) is 13.2 Å². The Labute approximate surface area is 494 Å². The number of nitrogens with zero attached hydrogens (tertiary/aromatic N) is 7. The molecule has 8 aliphatic rings. The summed E-state index contributed by atoms with van der Waals surface area (Å²) in [5.74, 6) is 2.52. The number of hydrogen-bond acceptors (Lipinski definition) is 10. The summed E-state index contributed by atoms with van der Waals surface area (Å²) in [5, 5.41) is 0. The lowest BCUT2D eigenvalue weighted by Gasteiger charge is -2.46. The van der Waals surface area contributed by atoms with Crippen LogP contribution >= 0.6 is 0 Å². The summed E-state index contributed by atoms with van der Waals surface area (Å²) in [4.78, 5) is 28.8. The third-order valence-corrected chi connectivity index (χ3v) is 18.6. The summed E-state index contributed by atoms with van der Waals surface area (Å²) in [6, 6.07) is 1.30. The van der Waals surface area contributed by atoms with Crippen LogP contribution in [0.4, 0.5) is 0 Å². The first-order chi connectivity index (χ1) is 36.5. The standard InChI is InChI=1S/C13H25N.2C10H21NO.C9H17NO.3C9H19N/c1-13(2,3)14-9-8-11-6-4-5-7-12(11)10-14;2*1-10(2,3)11-7-5-6-9(11)8-12-4;1-9(2,3)10-6-4-8(11)5-7-10;3*1-9(2,3)10-7-5-4-6-8-10/h11-12H,4-10H2,1-3H3;2*9H,5-8H2,1-4H3;4-7H2,1-3H3;3*4-8H2,1-3H3/t;2*9-;;;;/m.10..../s1. The van der Waals surface area contributed by atoms with Crippen LogP contribution in [0.3, 0.4) is 0 Å². The van der Waals surface area contributed by atoms with E-state index in [1.807, 2.05) is 0 Å². The highest BCUT2D eigenvalue weighted by atomic mass is 16.5. The Kier molecular flexibility index (Phi) is 33.0. The fraction of sp³-hybridized carbons (Fsp3) is 0.986. The number of rotatable bonds is 4. The molecule has 1 saturated carbocycles. The molecule has 4 atom stereocenters. The summed E-state index contributed by atoms with van der Waals surface area (Å²) in [6.45, 7) is 64.8. The van der Waals surface area contributed by atoms with Crippen LogP contribution in [0.25, 0.3) is 0 Å². The van der Waals surface area contributed by atoms with Gasteiger partial charge in [-0.2, -0.15) is 0 Å². The van der Waals surface area contributed by atoms with Crippen LogP contribution in [0.5, 0.6) is 0 Å². The minimum atomic E-state index is 0.237. The molecule has 0 spiro atoms. The first-order valence-electron chi connectivity index (χ1n) is 33.3. The summed E-state index contributed by atoms with van der Waals surface area (Å²) < 4.78 is 10.4. The van der Waals surface area contributed by atoms with E-state index in [1.165, 1.54) is 181 Å². The summed E-state index contributed by atoms with van der Waals surface area (Å²) in [7, 11) is 3.58. The molecule has 0 aromatic rings. The number of fused-ring (bicyclic) bond motifs is 1. The van der Waals surface area contributed by atoms with Crippen LogP contribution in [0.15, 0.2) is 0 Å². The molecular formula is C69H141N7O3. The monoisotopic (exact) mass is 1120 g/mol. The maximum absolute atomic E-state index is 10.9. The molecule has 10 nitrogen and oxygen atoms in total. The molecule has 0 bridgehead atoms. The fourth-order valence-corrected chi connectivity index (χ4v) is 13.5. The summed E-state index contributed by atoms with van der Waals surface area (Å²) in [6.07, 6.45) is 26.9. The van der Waals surface area contributed by atoms with Gasteiger partial charge in [0, 0.05) is 97.6 Å². The van der Waals surface area contributed by atoms with Gasteiger partial charge in [0.25, 0.3) is 0 Å². The highest BCUT2D eigenvalue weighted by molar-refractivity contribution is 5.79. The van der Waals surface area contributed by atoms with Gasteiger partial charge in [0.2, 0.25) is 0 Å². The quantitative estimate of drug-likeness (QED) is 0.272. The topological polar surface area (TPSA) is 58.2 Å².